The van der Waals surface area contributed by atoms with Crippen LogP contribution in [0.2, 0.25) is 5.15 Å². The maximum Gasteiger partial charge on any atom is 0.409 e. The van der Waals surface area contributed by atoms with Gasteiger partial charge in [-0.15, -0.1) is 0 Å². The summed E-state index contributed by atoms with van der Waals surface area (Å²) in [4.78, 5) is 25.6. The van der Waals surface area contributed by atoms with Gasteiger partial charge in [0.1, 0.15) is 5.15 Å². The SMILES string of the molecule is CCC(=O)c1cc(Cl)ncc1NC(=O)O. The van der Waals surface area contributed by atoms with Gasteiger partial charge >= 0.3 is 6.09 Å². The Balaban J connectivity index is 3.14. The van der Waals surface area contributed by atoms with Crippen LogP contribution in [0.15, 0.2) is 12.3 Å². The Morgan fingerprint density at radius 3 is 2.80 bits per heavy atom. The second-order valence-corrected chi connectivity index (χ2v) is 3.15. The smallest absolute Gasteiger partial charge is 0.409 e. The Labute approximate surface area is 91.1 Å². The van der Waals surface area contributed by atoms with Gasteiger partial charge < -0.3 is 5.11 Å². The van der Waals surface area contributed by atoms with Crippen molar-refractivity contribution in [1.29, 1.82) is 0 Å². The number of rotatable bonds is 3. The van der Waals surface area contributed by atoms with Gasteiger partial charge in [-0.3, -0.25) is 10.1 Å². The number of anilines is 1. The predicted molar refractivity (Wildman–Crippen MR) is 55.5 cm³/mol. The average molecular weight is 229 g/mol. The summed E-state index contributed by atoms with van der Waals surface area (Å²) in [7, 11) is 0. The second-order valence-electron chi connectivity index (χ2n) is 2.76. The highest BCUT2D eigenvalue weighted by atomic mass is 35.5. The summed E-state index contributed by atoms with van der Waals surface area (Å²) in [5.41, 5.74) is 0.388. The molecule has 0 bridgehead atoms. The van der Waals surface area contributed by atoms with Crippen molar-refractivity contribution in [3.05, 3.63) is 23.0 Å². The first kappa shape index (κ1) is 11.5. The van der Waals surface area contributed by atoms with E-state index in [4.69, 9.17) is 16.7 Å². The van der Waals surface area contributed by atoms with Crippen molar-refractivity contribution in [2.24, 2.45) is 0 Å². The molecule has 0 saturated heterocycles. The van der Waals surface area contributed by atoms with Gasteiger partial charge in [-0.25, -0.2) is 9.78 Å². The van der Waals surface area contributed by atoms with Gasteiger partial charge in [0.15, 0.2) is 5.78 Å². The minimum absolute atomic E-state index is 0.152. The first-order valence-corrected chi connectivity index (χ1v) is 4.61. The van der Waals surface area contributed by atoms with Gasteiger partial charge in [0, 0.05) is 12.0 Å². The molecule has 0 atom stereocenters. The minimum Gasteiger partial charge on any atom is -0.465 e. The fourth-order valence-electron chi connectivity index (χ4n) is 1.07. The molecule has 0 aliphatic rings. The van der Waals surface area contributed by atoms with Crippen molar-refractivity contribution >= 4 is 29.2 Å². The standard InChI is InChI=1S/C9H9ClN2O3/c1-2-7(13)5-3-8(10)11-4-6(5)12-9(14)15/h3-4,12H,2H2,1H3,(H,14,15). The highest BCUT2D eigenvalue weighted by Gasteiger charge is 2.12. The van der Waals surface area contributed by atoms with E-state index < -0.39 is 6.09 Å². The summed E-state index contributed by atoms with van der Waals surface area (Å²) in [5, 5.41) is 10.8. The number of pyridine rings is 1. The van der Waals surface area contributed by atoms with Crippen LogP contribution < -0.4 is 5.32 Å². The topological polar surface area (TPSA) is 79.3 Å². The maximum atomic E-state index is 11.4. The van der Waals surface area contributed by atoms with Crippen LogP contribution in [0.1, 0.15) is 23.7 Å². The van der Waals surface area contributed by atoms with Crippen LogP contribution in [0.5, 0.6) is 0 Å². The van der Waals surface area contributed by atoms with Crippen LogP contribution >= 0.6 is 11.6 Å². The third-order valence-electron chi connectivity index (χ3n) is 1.73. The molecule has 80 valence electrons. The number of nitrogens with one attached hydrogen (secondary N) is 1. The zero-order valence-electron chi connectivity index (χ0n) is 7.95. The van der Waals surface area contributed by atoms with Crippen molar-refractivity contribution in [3.8, 4) is 0 Å². The lowest BCUT2D eigenvalue weighted by atomic mass is 10.1. The molecule has 1 heterocycles. The monoisotopic (exact) mass is 228 g/mol. The van der Waals surface area contributed by atoms with E-state index in [1.807, 2.05) is 0 Å². The first-order chi connectivity index (χ1) is 7.04. The van der Waals surface area contributed by atoms with Crippen LogP contribution in [0.3, 0.4) is 0 Å². The fraction of sp³-hybridized carbons (Fsp3) is 0.222. The molecule has 0 unspecified atom stereocenters. The zero-order valence-corrected chi connectivity index (χ0v) is 8.71. The van der Waals surface area contributed by atoms with Crippen LogP contribution in [0, 0.1) is 0 Å². The minimum atomic E-state index is -1.25. The Bertz CT molecular complexity index is 406. The van der Waals surface area contributed by atoms with Crippen molar-refractivity contribution in [1.82, 2.24) is 4.98 Å². The Morgan fingerprint density at radius 2 is 2.27 bits per heavy atom. The number of hydrogen-bond acceptors (Lipinski definition) is 3. The van der Waals surface area contributed by atoms with E-state index in [1.165, 1.54) is 12.3 Å². The van der Waals surface area contributed by atoms with Crippen molar-refractivity contribution in [2.75, 3.05) is 5.32 Å². The number of Topliss-reactive ketones (excluding diaryl/α,β-unsaturated/α-hetero) is 1. The summed E-state index contributed by atoms with van der Waals surface area (Å²) in [6, 6.07) is 1.35. The van der Waals surface area contributed by atoms with Crippen LogP contribution in [0.4, 0.5) is 10.5 Å². The summed E-state index contributed by atoms with van der Waals surface area (Å²) >= 11 is 5.62. The Morgan fingerprint density at radius 1 is 1.60 bits per heavy atom. The van der Waals surface area contributed by atoms with E-state index in [2.05, 4.69) is 10.3 Å². The van der Waals surface area contributed by atoms with E-state index in [0.717, 1.165) is 0 Å². The molecule has 1 amide bonds. The molecule has 0 radical (unpaired) electrons. The molecule has 0 spiro atoms. The van der Waals surface area contributed by atoms with E-state index >= 15 is 0 Å². The third kappa shape index (κ3) is 2.92. The Hall–Kier alpha value is -1.62. The van der Waals surface area contributed by atoms with Gasteiger partial charge in [-0.2, -0.15) is 0 Å². The van der Waals surface area contributed by atoms with E-state index in [9.17, 15) is 9.59 Å². The first-order valence-electron chi connectivity index (χ1n) is 4.23. The van der Waals surface area contributed by atoms with Gasteiger partial charge in [0.25, 0.3) is 0 Å². The number of halogens is 1. The van der Waals surface area contributed by atoms with Crippen molar-refractivity contribution in [3.63, 3.8) is 0 Å². The molecule has 0 aromatic carbocycles. The lowest BCUT2D eigenvalue weighted by Gasteiger charge is -2.06. The largest absolute Gasteiger partial charge is 0.465 e. The lowest BCUT2D eigenvalue weighted by Crippen LogP contribution is -2.12. The number of aromatic nitrogens is 1. The summed E-state index contributed by atoms with van der Waals surface area (Å²) in [6.45, 7) is 1.68. The van der Waals surface area contributed by atoms with E-state index in [1.54, 1.807) is 6.92 Å². The molecule has 0 saturated carbocycles. The van der Waals surface area contributed by atoms with Crippen LogP contribution in [0.25, 0.3) is 0 Å². The lowest BCUT2D eigenvalue weighted by molar-refractivity contribution is 0.0989. The Kier molecular flexibility index (Phi) is 3.62. The molecule has 15 heavy (non-hydrogen) atoms. The van der Waals surface area contributed by atoms with Gasteiger partial charge in [0.05, 0.1) is 11.9 Å². The second kappa shape index (κ2) is 4.75. The molecule has 5 nitrogen and oxygen atoms in total. The molecule has 2 N–H and O–H groups in total. The fourth-order valence-corrected chi connectivity index (χ4v) is 1.22. The molecule has 1 aromatic rings. The molecule has 1 aromatic heterocycles. The number of carbonyl (C=O) groups excluding carboxylic acids is 1. The zero-order chi connectivity index (χ0) is 11.4. The number of ketones is 1. The quantitative estimate of drug-likeness (QED) is 0.615. The van der Waals surface area contributed by atoms with Gasteiger partial charge in [-0.1, -0.05) is 18.5 Å². The van der Waals surface area contributed by atoms with Crippen molar-refractivity contribution < 1.29 is 14.7 Å². The summed E-state index contributed by atoms with van der Waals surface area (Å²) in [6.07, 6.45) is 0.248. The van der Waals surface area contributed by atoms with E-state index in [-0.39, 0.29) is 28.6 Å². The van der Waals surface area contributed by atoms with Crippen LogP contribution in [-0.4, -0.2) is 22.0 Å². The molecule has 0 fully saturated rings. The normalized spacial score (nSPS) is 9.73. The van der Waals surface area contributed by atoms with Crippen LogP contribution in [-0.2, 0) is 0 Å². The average Bonchev–Trinajstić information content (AvgIpc) is 2.19. The number of carbonyl (C=O) groups is 2. The van der Waals surface area contributed by atoms with E-state index in [0.29, 0.717) is 0 Å². The molecular formula is C9H9ClN2O3. The molecule has 0 aliphatic carbocycles. The van der Waals surface area contributed by atoms with Crippen molar-refractivity contribution in [2.45, 2.75) is 13.3 Å². The van der Waals surface area contributed by atoms with Gasteiger partial charge in [-0.05, 0) is 6.07 Å². The molecule has 6 heteroatoms. The van der Waals surface area contributed by atoms with Gasteiger partial charge in [0.2, 0.25) is 0 Å². The number of nitrogens with zero attached hydrogens (tertiary/aromatic N) is 1. The number of carboxylic acid groups (broad SMARTS) is 1. The number of amides is 1. The number of hydrogen-bond donors (Lipinski definition) is 2. The maximum absolute atomic E-state index is 11.4. The highest BCUT2D eigenvalue weighted by molar-refractivity contribution is 6.30. The summed E-state index contributed by atoms with van der Waals surface area (Å²) in [5.74, 6) is -0.192. The molecular weight excluding hydrogens is 220 g/mol. The molecule has 1 rings (SSSR count). The third-order valence-corrected chi connectivity index (χ3v) is 1.94. The highest BCUT2D eigenvalue weighted by Crippen LogP contribution is 2.19. The summed E-state index contributed by atoms with van der Waals surface area (Å²) < 4.78 is 0. The molecule has 0 aliphatic heterocycles. The predicted octanol–water partition coefficient (Wildman–Crippen LogP) is 2.42.